The fourth-order valence-corrected chi connectivity index (χ4v) is 1.56. The van der Waals surface area contributed by atoms with Crippen LogP contribution in [0, 0.1) is 10.1 Å². The number of hydrogen-bond donors (Lipinski definition) is 2. The van der Waals surface area contributed by atoms with Gasteiger partial charge in [-0.3, -0.25) is 10.1 Å². The molecule has 0 saturated heterocycles. The highest BCUT2D eigenvalue weighted by Crippen LogP contribution is 2.22. The van der Waals surface area contributed by atoms with Crippen molar-refractivity contribution in [3.63, 3.8) is 0 Å². The molecule has 0 spiro atoms. The van der Waals surface area contributed by atoms with E-state index in [9.17, 15) is 18.5 Å². The van der Waals surface area contributed by atoms with Crippen molar-refractivity contribution in [1.29, 1.82) is 0 Å². The van der Waals surface area contributed by atoms with E-state index in [1.54, 1.807) is 0 Å². The van der Waals surface area contributed by atoms with Crippen molar-refractivity contribution in [2.45, 2.75) is 11.5 Å². The van der Waals surface area contributed by atoms with Crippen molar-refractivity contribution in [3.8, 4) is 0 Å². The molecule has 0 aromatic heterocycles. The molecule has 1 aromatic carbocycles. The van der Waals surface area contributed by atoms with Crippen molar-refractivity contribution >= 4 is 15.7 Å². The van der Waals surface area contributed by atoms with Crippen molar-refractivity contribution in [3.05, 3.63) is 33.9 Å². The van der Waals surface area contributed by atoms with Gasteiger partial charge in [0, 0.05) is 6.07 Å². The Bertz CT molecular complexity index is 496. The molecule has 0 aliphatic carbocycles. The van der Waals surface area contributed by atoms with E-state index in [0.29, 0.717) is 0 Å². The third-order valence-corrected chi connectivity index (χ3v) is 2.66. The Morgan fingerprint density at radius 2 is 2.07 bits per heavy atom. The molecular weight excluding hydrogens is 224 g/mol. The van der Waals surface area contributed by atoms with E-state index in [4.69, 9.17) is 10.2 Å². The first-order valence-corrected chi connectivity index (χ1v) is 5.32. The zero-order valence-corrected chi connectivity index (χ0v) is 8.27. The van der Waals surface area contributed by atoms with Gasteiger partial charge in [-0.15, -0.1) is 0 Å². The van der Waals surface area contributed by atoms with E-state index in [1.165, 1.54) is 0 Å². The van der Waals surface area contributed by atoms with E-state index in [1.807, 2.05) is 0 Å². The number of nitro groups is 1. The first kappa shape index (κ1) is 11.6. The molecule has 15 heavy (non-hydrogen) atoms. The monoisotopic (exact) mass is 232 g/mol. The summed E-state index contributed by atoms with van der Waals surface area (Å²) in [6.07, 6.45) is 0. The van der Waals surface area contributed by atoms with Gasteiger partial charge in [-0.05, 0) is 12.1 Å². The number of nitro benzene ring substituents is 1. The number of aliphatic hydroxyl groups is 1. The maximum absolute atomic E-state index is 10.9. The van der Waals surface area contributed by atoms with Crippen LogP contribution in [0.15, 0.2) is 23.1 Å². The molecule has 3 N–H and O–H groups in total. The molecule has 8 heteroatoms. The Labute approximate surface area is 85.3 Å². The zero-order chi connectivity index (χ0) is 11.6. The number of primary sulfonamides is 1. The highest BCUT2D eigenvalue weighted by Gasteiger charge is 2.17. The van der Waals surface area contributed by atoms with Gasteiger partial charge >= 0.3 is 0 Å². The molecule has 0 aliphatic heterocycles. The van der Waals surface area contributed by atoms with Crippen LogP contribution in [-0.4, -0.2) is 18.4 Å². The molecule has 0 aliphatic rings. The summed E-state index contributed by atoms with van der Waals surface area (Å²) in [5, 5.41) is 24.1. The molecule has 0 heterocycles. The van der Waals surface area contributed by atoms with Crippen molar-refractivity contribution < 1.29 is 18.4 Å². The molecule has 0 fully saturated rings. The maximum atomic E-state index is 10.9. The lowest BCUT2D eigenvalue weighted by molar-refractivity contribution is -0.386. The normalized spacial score (nSPS) is 11.3. The molecular formula is C7H8N2O5S. The number of nitrogens with two attached hydrogens (primary N) is 1. The minimum atomic E-state index is -3.97. The smallest absolute Gasteiger partial charge is 0.276 e. The highest BCUT2D eigenvalue weighted by atomic mass is 32.2. The molecule has 1 rings (SSSR count). The Morgan fingerprint density at radius 3 is 2.47 bits per heavy atom. The van der Waals surface area contributed by atoms with E-state index in [-0.39, 0.29) is 10.5 Å². The molecule has 0 bridgehead atoms. The molecule has 0 radical (unpaired) electrons. The number of rotatable bonds is 3. The molecule has 0 unspecified atom stereocenters. The van der Waals surface area contributed by atoms with Gasteiger partial charge in [-0.25, -0.2) is 13.6 Å². The fourth-order valence-electron chi connectivity index (χ4n) is 1.02. The third-order valence-electron chi connectivity index (χ3n) is 1.75. The van der Waals surface area contributed by atoms with Crippen molar-refractivity contribution in [1.82, 2.24) is 0 Å². The largest absolute Gasteiger partial charge is 0.391 e. The lowest BCUT2D eigenvalue weighted by Gasteiger charge is -2.01. The molecule has 0 atom stereocenters. The van der Waals surface area contributed by atoms with Gasteiger partial charge in [0.25, 0.3) is 5.69 Å². The van der Waals surface area contributed by atoms with Crippen LogP contribution in [0.1, 0.15) is 5.56 Å². The number of nitrogens with zero attached hydrogens (tertiary/aromatic N) is 1. The second kappa shape index (κ2) is 3.93. The van der Waals surface area contributed by atoms with Crippen LogP contribution in [-0.2, 0) is 16.6 Å². The second-order valence-corrected chi connectivity index (χ2v) is 4.31. The van der Waals surface area contributed by atoms with E-state index in [0.717, 1.165) is 18.2 Å². The van der Waals surface area contributed by atoms with Gasteiger partial charge in [0.15, 0.2) is 0 Å². The minimum Gasteiger partial charge on any atom is -0.391 e. The van der Waals surface area contributed by atoms with Gasteiger partial charge in [0.05, 0.1) is 22.0 Å². The lowest BCUT2D eigenvalue weighted by atomic mass is 10.2. The number of sulfonamides is 1. The lowest BCUT2D eigenvalue weighted by Crippen LogP contribution is -2.12. The SMILES string of the molecule is NS(=O)(=O)c1ccc(CO)c([N+](=O)[O-])c1. The van der Waals surface area contributed by atoms with E-state index < -0.39 is 27.2 Å². The summed E-state index contributed by atoms with van der Waals surface area (Å²) < 4.78 is 21.8. The predicted octanol–water partition coefficient (Wildman–Crippen LogP) is -0.265. The van der Waals surface area contributed by atoms with Gasteiger partial charge < -0.3 is 5.11 Å². The topological polar surface area (TPSA) is 124 Å². The average Bonchev–Trinajstić information content (AvgIpc) is 2.15. The summed E-state index contributed by atoms with van der Waals surface area (Å²) in [6.45, 7) is -0.540. The molecule has 0 amide bonds. The van der Waals surface area contributed by atoms with Crippen molar-refractivity contribution in [2.24, 2.45) is 5.14 Å². The van der Waals surface area contributed by atoms with Gasteiger partial charge in [0.1, 0.15) is 0 Å². The standard InChI is InChI=1S/C7H8N2O5S/c8-15(13,14)6-2-1-5(4-10)7(3-6)9(11)12/h1-3,10H,4H2,(H2,8,13,14). The number of hydrogen-bond acceptors (Lipinski definition) is 5. The number of benzene rings is 1. The van der Waals surface area contributed by atoms with Crippen LogP contribution in [0.3, 0.4) is 0 Å². The zero-order valence-electron chi connectivity index (χ0n) is 7.45. The Balaban J connectivity index is 3.42. The van der Waals surface area contributed by atoms with Crippen LogP contribution in [0.2, 0.25) is 0 Å². The Kier molecular flexibility index (Phi) is 3.03. The summed E-state index contributed by atoms with van der Waals surface area (Å²) in [5.41, 5.74) is -0.434. The van der Waals surface area contributed by atoms with E-state index >= 15 is 0 Å². The molecule has 0 saturated carbocycles. The maximum Gasteiger partial charge on any atom is 0.276 e. The summed E-state index contributed by atoms with van der Waals surface area (Å²) in [4.78, 5) is 9.39. The predicted molar refractivity (Wildman–Crippen MR) is 50.4 cm³/mol. The number of aliphatic hydroxyl groups excluding tert-OH is 1. The van der Waals surface area contributed by atoms with Crippen LogP contribution in [0.25, 0.3) is 0 Å². The molecule has 7 nitrogen and oxygen atoms in total. The first-order chi connectivity index (χ1) is 6.86. The first-order valence-electron chi connectivity index (χ1n) is 3.77. The summed E-state index contributed by atoms with van der Waals surface area (Å²) in [7, 11) is -3.97. The minimum absolute atomic E-state index is 0.0346. The summed E-state index contributed by atoms with van der Waals surface area (Å²) in [5.74, 6) is 0. The van der Waals surface area contributed by atoms with Gasteiger partial charge in [0.2, 0.25) is 10.0 Å². The Hall–Kier alpha value is -1.51. The van der Waals surface area contributed by atoms with Crippen LogP contribution in [0.4, 0.5) is 5.69 Å². The molecule has 82 valence electrons. The van der Waals surface area contributed by atoms with Gasteiger partial charge in [-0.2, -0.15) is 0 Å². The average molecular weight is 232 g/mol. The Morgan fingerprint density at radius 1 is 1.47 bits per heavy atom. The fraction of sp³-hybridized carbons (Fsp3) is 0.143. The van der Waals surface area contributed by atoms with E-state index in [2.05, 4.69) is 0 Å². The summed E-state index contributed by atoms with van der Waals surface area (Å²) >= 11 is 0. The second-order valence-electron chi connectivity index (χ2n) is 2.75. The van der Waals surface area contributed by atoms with Crippen molar-refractivity contribution in [2.75, 3.05) is 0 Å². The highest BCUT2D eigenvalue weighted by molar-refractivity contribution is 7.89. The third kappa shape index (κ3) is 2.49. The quantitative estimate of drug-likeness (QED) is 0.548. The van der Waals surface area contributed by atoms with Crippen LogP contribution < -0.4 is 5.14 Å². The van der Waals surface area contributed by atoms with Gasteiger partial charge in [-0.1, -0.05) is 0 Å². The van der Waals surface area contributed by atoms with Crippen LogP contribution in [0.5, 0.6) is 0 Å². The van der Waals surface area contributed by atoms with Crippen LogP contribution >= 0.6 is 0 Å². The summed E-state index contributed by atoms with van der Waals surface area (Å²) in [6, 6.07) is 3.08. The molecule has 1 aromatic rings.